The van der Waals surface area contributed by atoms with E-state index in [9.17, 15) is 19.8 Å². The van der Waals surface area contributed by atoms with Gasteiger partial charge in [-0.05, 0) is 74.5 Å². The summed E-state index contributed by atoms with van der Waals surface area (Å²) in [7, 11) is 0. The van der Waals surface area contributed by atoms with Gasteiger partial charge >= 0.3 is 11.9 Å². The highest BCUT2D eigenvalue weighted by atomic mass is 16.4. The molecule has 5 aliphatic carbocycles. The fraction of sp³-hybridized carbons (Fsp3) is 0.826. The zero-order valence-corrected chi connectivity index (χ0v) is 17.1. The van der Waals surface area contributed by atoms with Crippen LogP contribution < -0.4 is 0 Å². The van der Waals surface area contributed by atoms with Gasteiger partial charge in [-0.15, -0.1) is 0 Å². The normalized spacial score (nSPS) is 48.6. The quantitative estimate of drug-likeness (QED) is 0.683. The van der Waals surface area contributed by atoms with Crippen molar-refractivity contribution in [2.24, 2.45) is 45.8 Å². The number of carboxylic acid groups (broad SMARTS) is 2. The molecule has 7 atom stereocenters. The first kappa shape index (κ1) is 19.0. The van der Waals surface area contributed by atoms with Gasteiger partial charge < -0.3 is 10.2 Å². The van der Waals surface area contributed by atoms with Crippen molar-refractivity contribution in [3.05, 3.63) is 11.6 Å². The van der Waals surface area contributed by atoms with E-state index in [0.717, 1.165) is 44.9 Å². The van der Waals surface area contributed by atoms with Crippen LogP contribution in [0.5, 0.6) is 0 Å². The highest BCUT2D eigenvalue weighted by Crippen LogP contribution is 2.72. The third-order valence-electron chi connectivity index (χ3n) is 9.34. The Bertz CT molecular complexity index is 709. The molecule has 3 unspecified atom stereocenters. The fourth-order valence-electron chi connectivity index (χ4n) is 8.15. The predicted molar refractivity (Wildman–Crippen MR) is 103 cm³/mol. The van der Waals surface area contributed by atoms with E-state index in [1.165, 1.54) is 5.57 Å². The molecule has 2 N–H and O–H groups in total. The molecule has 27 heavy (non-hydrogen) atoms. The summed E-state index contributed by atoms with van der Waals surface area (Å²) >= 11 is 0. The second-order valence-corrected chi connectivity index (χ2v) is 10.7. The van der Waals surface area contributed by atoms with Crippen molar-refractivity contribution >= 4 is 11.9 Å². The SMILES string of the molecule is CC(C)C1=CC23CC[C@@H]4[C@](C)(CCC[C@@]4(C)C(=O)O)[C@H]2CC1CC3C(=O)O. The monoisotopic (exact) mass is 374 g/mol. The molecule has 3 fully saturated rings. The molecule has 0 radical (unpaired) electrons. The standard InChI is InChI=1S/C23H34O4/c1-13(2)15-12-23-9-6-17-21(3,7-5-8-22(17,4)20(26)27)18(23)11-14(15)10-16(23)19(24)25/h12-14,16-18H,5-11H2,1-4H3,(H,24,25)(H,26,27)/t14?,16?,17-,18-,21+,22-,23?/m1/s1. The van der Waals surface area contributed by atoms with Crippen molar-refractivity contribution in [1.82, 2.24) is 0 Å². The molecule has 1 spiro atoms. The number of carbonyl (C=O) groups is 2. The van der Waals surface area contributed by atoms with Gasteiger partial charge in [0.05, 0.1) is 11.3 Å². The predicted octanol–water partition coefficient (Wildman–Crippen LogP) is 4.99. The smallest absolute Gasteiger partial charge is 0.309 e. The first-order valence-electron chi connectivity index (χ1n) is 10.7. The molecule has 5 rings (SSSR count). The number of rotatable bonds is 3. The third-order valence-corrected chi connectivity index (χ3v) is 9.34. The van der Waals surface area contributed by atoms with Gasteiger partial charge in [0, 0.05) is 5.41 Å². The molecule has 3 saturated carbocycles. The number of allylic oxidation sites excluding steroid dienone is 2. The lowest BCUT2D eigenvalue weighted by Crippen LogP contribution is -2.63. The second kappa shape index (κ2) is 5.84. The van der Waals surface area contributed by atoms with Crippen LogP contribution in [0.3, 0.4) is 0 Å². The summed E-state index contributed by atoms with van der Waals surface area (Å²) in [5, 5.41) is 20.1. The molecule has 0 amide bonds. The molecule has 2 bridgehead atoms. The Morgan fingerprint density at radius 3 is 2.37 bits per heavy atom. The van der Waals surface area contributed by atoms with Crippen molar-refractivity contribution < 1.29 is 19.8 Å². The molecule has 0 saturated heterocycles. The van der Waals surface area contributed by atoms with Gasteiger partial charge in [0.2, 0.25) is 0 Å². The maximum Gasteiger partial charge on any atom is 0.309 e. The maximum absolute atomic E-state index is 12.2. The lowest BCUT2D eigenvalue weighted by Gasteiger charge is -2.67. The average molecular weight is 375 g/mol. The minimum Gasteiger partial charge on any atom is -0.481 e. The number of aliphatic carboxylic acids is 2. The van der Waals surface area contributed by atoms with Crippen molar-refractivity contribution in [3.8, 4) is 0 Å². The summed E-state index contributed by atoms with van der Waals surface area (Å²) in [5.74, 6) is -0.359. The summed E-state index contributed by atoms with van der Waals surface area (Å²) < 4.78 is 0. The van der Waals surface area contributed by atoms with Gasteiger partial charge in [0.1, 0.15) is 0 Å². The second-order valence-electron chi connectivity index (χ2n) is 10.7. The number of hydrogen-bond acceptors (Lipinski definition) is 2. The van der Waals surface area contributed by atoms with Crippen molar-refractivity contribution in [2.45, 2.75) is 72.6 Å². The Morgan fingerprint density at radius 2 is 1.78 bits per heavy atom. The average Bonchev–Trinajstić information content (AvgIpc) is 2.60. The van der Waals surface area contributed by atoms with Crippen LogP contribution in [0, 0.1) is 45.8 Å². The van der Waals surface area contributed by atoms with Crippen LogP contribution in [0.4, 0.5) is 0 Å². The molecule has 0 aromatic rings. The van der Waals surface area contributed by atoms with E-state index in [4.69, 9.17) is 0 Å². The lowest BCUT2D eigenvalue weighted by atomic mass is 9.36. The van der Waals surface area contributed by atoms with Gasteiger partial charge in [0.15, 0.2) is 0 Å². The topological polar surface area (TPSA) is 74.6 Å². The first-order chi connectivity index (χ1) is 12.6. The zero-order chi connectivity index (χ0) is 19.8. The molecule has 5 aliphatic rings. The van der Waals surface area contributed by atoms with E-state index >= 15 is 0 Å². The highest BCUT2D eigenvalue weighted by molar-refractivity contribution is 5.75. The van der Waals surface area contributed by atoms with Gasteiger partial charge in [-0.3, -0.25) is 9.59 Å². The Morgan fingerprint density at radius 1 is 1.07 bits per heavy atom. The van der Waals surface area contributed by atoms with Crippen molar-refractivity contribution in [2.75, 3.05) is 0 Å². The lowest BCUT2D eigenvalue weighted by molar-refractivity contribution is -0.195. The molecular weight excluding hydrogens is 340 g/mol. The van der Waals surface area contributed by atoms with Crippen LogP contribution in [0.2, 0.25) is 0 Å². The molecule has 4 nitrogen and oxygen atoms in total. The summed E-state index contributed by atoms with van der Waals surface area (Å²) in [6.45, 7) is 8.69. The summed E-state index contributed by atoms with van der Waals surface area (Å²) in [5.41, 5.74) is 0.439. The summed E-state index contributed by atoms with van der Waals surface area (Å²) in [6, 6.07) is 0. The van der Waals surface area contributed by atoms with Crippen LogP contribution in [0.25, 0.3) is 0 Å². The largest absolute Gasteiger partial charge is 0.481 e. The van der Waals surface area contributed by atoms with E-state index in [1.807, 2.05) is 6.92 Å². The van der Waals surface area contributed by atoms with Crippen LogP contribution in [-0.4, -0.2) is 22.2 Å². The van der Waals surface area contributed by atoms with Gasteiger partial charge in [-0.1, -0.05) is 38.8 Å². The van der Waals surface area contributed by atoms with Gasteiger partial charge in [-0.2, -0.15) is 0 Å². The molecule has 150 valence electrons. The molecule has 0 heterocycles. The van der Waals surface area contributed by atoms with Crippen LogP contribution in [0.15, 0.2) is 11.6 Å². The third kappa shape index (κ3) is 2.34. The first-order valence-corrected chi connectivity index (χ1v) is 10.7. The van der Waals surface area contributed by atoms with E-state index < -0.39 is 17.4 Å². The molecule has 0 aromatic heterocycles. The molecule has 0 aromatic carbocycles. The molecule has 0 aliphatic heterocycles. The molecule has 4 heteroatoms. The van der Waals surface area contributed by atoms with Gasteiger partial charge in [0.25, 0.3) is 0 Å². The Labute approximate surface area is 162 Å². The van der Waals surface area contributed by atoms with Crippen molar-refractivity contribution in [3.63, 3.8) is 0 Å². The fourth-order valence-corrected chi connectivity index (χ4v) is 8.15. The van der Waals surface area contributed by atoms with Gasteiger partial charge in [-0.25, -0.2) is 0 Å². The summed E-state index contributed by atoms with van der Waals surface area (Å²) in [4.78, 5) is 24.4. The van der Waals surface area contributed by atoms with Crippen LogP contribution in [-0.2, 0) is 9.59 Å². The van der Waals surface area contributed by atoms with Crippen LogP contribution in [0.1, 0.15) is 72.6 Å². The number of hydrogen-bond donors (Lipinski definition) is 2. The highest BCUT2D eigenvalue weighted by Gasteiger charge is 2.67. The number of carboxylic acids is 2. The summed E-state index contributed by atoms with van der Waals surface area (Å²) in [6.07, 6.45) is 8.60. The Hall–Kier alpha value is -1.32. The molecular formula is C23H34O4. The zero-order valence-electron chi connectivity index (χ0n) is 17.1. The van der Waals surface area contributed by atoms with E-state index in [0.29, 0.717) is 17.8 Å². The van der Waals surface area contributed by atoms with E-state index in [1.54, 1.807) is 0 Å². The van der Waals surface area contributed by atoms with E-state index in [2.05, 4.69) is 26.8 Å². The van der Waals surface area contributed by atoms with Crippen LogP contribution >= 0.6 is 0 Å². The van der Waals surface area contributed by atoms with E-state index in [-0.39, 0.29) is 22.7 Å². The minimum absolute atomic E-state index is 0.0744. The minimum atomic E-state index is -0.672. The maximum atomic E-state index is 12.2. The number of fused-ring (bicyclic) bond motifs is 2. The Balaban J connectivity index is 1.83. The Kier molecular flexibility index (Phi) is 4.11. The van der Waals surface area contributed by atoms with Crippen molar-refractivity contribution in [1.29, 1.82) is 0 Å².